The van der Waals surface area contributed by atoms with E-state index in [-0.39, 0.29) is 17.3 Å². The van der Waals surface area contributed by atoms with Crippen molar-refractivity contribution in [2.24, 2.45) is 0 Å². The molecular weight excluding hydrogens is 312 g/mol. The van der Waals surface area contributed by atoms with Gasteiger partial charge in [-0.2, -0.15) is 5.43 Å². The Balaban J connectivity index is 2.12. The Bertz CT molecular complexity index is 633. The Morgan fingerprint density at radius 3 is 3.04 bits per heavy atom. The van der Waals surface area contributed by atoms with Gasteiger partial charge >= 0.3 is 5.97 Å². The number of quaternary nitrogens is 1. The molecule has 0 aromatic heterocycles. The minimum absolute atomic E-state index is 0.147. The average Bonchev–Trinajstić information content (AvgIpc) is 2.78. The van der Waals surface area contributed by atoms with Crippen LogP contribution in [0.3, 0.4) is 0 Å². The van der Waals surface area contributed by atoms with Gasteiger partial charge in [0.2, 0.25) is 0 Å². The molecule has 0 radical (unpaired) electrons. The van der Waals surface area contributed by atoms with Crippen molar-refractivity contribution in [1.82, 2.24) is 5.43 Å². The van der Waals surface area contributed by atoms with Crippen molar-refractivity contribution in [3.63, 3.8) is 0 Å². The summed E-state index contributed by atoms with van der Waals surface area (Å²) in [5.74, 6) is 7.17. The van der Waals surface area contributed by atoms with E-state index in [0.29, 0.717) is 10.7 Å². The molecule has 24 heavy (non-hydrogen) atoms. The highest BCUT2D eigenvalue weighted by molar-refractivity contribution is 5.94. The summed E-state index contributed by atoms with van der Waals surface area (Å²) < 4.78 is 4.70. The number of hydrogen-bond donors (Lipinski definition) is 2. The lowest BCUT2D eigenvalue weighted by atomic mass is 10.0. The number of nitro benzene ring substituents is 1. The Morgan fingerprint density at radius 2 is 2.33 bits per heavy atom. The van der Waals surface area contributed by atoms with Crippen molar-refractivity contribution in [3.8, 4) is 0 Å². The zero-order valence-corrected chi connectivity index (χ0v) is 13.6. The van der Waals surface area contributed by atoms with Crippen molar-refractivity contribution in [2.75, 3.05) is 13.7 Å². The van der Waals surface area contributed by atoms with Crippen LogP contribution in [0, 0.1) is 10.1 Å². The molecule has 1 saturated heterocycles. The first-order chi connectivity index (χ1) is 11.5. The van der Waals surface area contributed by atoms with Crippen LogP contribution in [0.2, 0.25) is 0 Å². The second-order valence-electron chi connectivity index (χ2n) is 5.72. The van der Waals surface area contributed by atoms with Gasteiger partial charge in [0.1, 0.15) is 0 Å². The van der Waals surface area contributed by atoms with Crippen molar-refractivity contribution < 1.29 is 19.6 Å². The average molecular weight is 334 g/mol. The van der Waals surface area contributed by atoms with Crippen LogP contribution in [0.1, 0.15) is 41.6 Å². The van der Waals surface area contributed by atoms with Crippen LogP contribution in [0.4, 0.5) is 5.69 Å². The van der Waals surface area contributed by atoms with Crippen LogP contribution in [0.5, 0.6) is 0 Å². The molecule has 3 N–H and O–H groups in total. The van der Waals surface area contributed by atoms with Crippen molar-refractivity contribution >= 4 is 17.7 Å². The molecule has 1 aromatic rings. The summed E-state index contributed by atoms with van der Waals surface area (Å²) in [6.45, 7) is 0.787. The van der Waals surface area contributed by atoms with E-state index in [2.05, 4.69) is 5.43 Å². The van der Waals surface area contributed by atoms with Crippen molar-refractivity contribution in [3.05, 3.63) is 51.4 Å². The maximum absolute atomic E-state index is 11.8. The van der Waals surface area contributed by atoms with Crippen LogP contribution in [0.15, 0.2) is 24.3 Å². The molecule has 8 nitrogen and oxygen atoms in total. The van der Waals surface area contributed by atoms with E-state index >= 15 is 0 Å². The van der Waals surface area contributed by atoms with E-state index in [1.807, 2.05) is 6.08 Å². The number of carbonyl (C=O) groups is 1. The van der Waals surface area contributed by atoms with Gasteiger partial charge in [-0.25, -0.2) is 4.79 Å². The third-order valence-electron chi connectivity index (χ3n) is 3.98. The third-order valence-corrected chi connectivity index (χ3v) is 3.98. The summed E-state index contributed by atoms with van der Waals surface area (Å²) in [5, 5.41) is 11.4. The number of methoxy groups -OCH3 is 1. The quantitative estimate of drug-likeness (QED) is 0.484. The highest BCUT2D eigenvalue weighted by Gasteiger charge is 2.17. The zero-order chi connectivity index (χ0) is 17.5. The van der Waals surface area contributed by atoms with Crippen LogP contribution in [-0.4, -0.2) is 30.6 Å². The summed E-state index contributed by atoms with van der Waals surface area (Å²) in [6, 6.07) is 4.34. The number of esters is 1. The van der Waals surface area contributed by atoms with Gasteiger partial charge in [-0.1, -0.05) is 12.2 Å². The fraction of sp³-hybridized carbons (Fsp3) is 0.438. The van der Waals surface area contributed by atoms with Crippen LogP contribution < -0.4 is 10.5 Å². The maximum Gasteiger partial charge on any atom is 0.338 e. The van der Waals surface area contributed by atoms with Crippen LogP contribution >= 0.6 is 0 Å². The molecule has 1 fully saturated rings. The topological polar surface area (TPSA) is 110 Å². The molecule has 0 saturated carbocycles. The van der Waals surface area contributed by atoms with E-state index < -0.39 is 10.9 Å². The molecule has 0 amide bonds. The predicted octanol–water partition coefficient (Wildman–Crippen LogP) is 1.69. The second-order valence-corrected chi connectivity index (χ2v) is 5.72. The van der Waals surface area contributed by atoms with E-state index in [9.17, 15) is 14.9 Å². The smallest absolute Gasteiger partial charge is 0.338 e. The SMILES string of the molecule is COC(=O)c1cc([N+](=O)[O-])ccc1/C=C/CC1CCCC[NH+]([NH-])N1. The van der Waals surface area contributed by atoms with Gasteiger partial charge in [0.05, 0.1) is 30.2 Å². The van der Waals surface area contributed by atoms with Crippen molar-refractivity contribution in [2.45, 2.75) is 31.7 Å². The van der Waals surface area contributed by atoms with Gasteiger partial charge in [0, 0.05) is 12.1 Å². The number of ether oxygens (including phenoxy) is 1. The monoisotopic (exact) mass is 334 g/mol. The summed E-state index contributed by atoms with van der Waals surface area (Å²) in [5.41, 5.74) is 3.79. The molecule has 2 rings (SSSR count). The van der Waals surface area contributed by atoms with Crippen molar-refractivity contribution in [1.29, 1.82) is 0 Å². The first kappa shape index (κ1) is 18.1. The fourth-order valence-corrected chi connectivity index (χ4v) is 2.71. The Labute approximate surface area is 140 Å². The minimum atomic E-state index is -0.604. The molecule has 1 aliphatic rings. The van der Waals surface area contributed by atoms with E-state index in [1.54, 1.807) is 12.1 Å². The van der Waals surface area contributed by atoms with E-state index in [1.165, 1.54) is 19.2 Å². The first-order valence-corrected chi connectivity index (χ1v) is 7.88. The molecule has 1 aliphatic heterocycles. The molecule has 2 atom stereocenters. The predicted molar refractivity (Wildman–Crippen MR) is 89.0 cm³/mol. The largest absolute Gasteiger partial charge is 0.465 e. The number of carbonyl (C=O) groups excluding carboxylic acids is 1. The Kier molecular flexibility index (Phi) is 6.42. The Hall–Kier alpha value is -2.29. The molecule has 130 valence electrons. The van der Waals surface area contributed by atoms with E-state index in [0.717, 1.165) is 32.2 Å². The summed E-state index contributed by atoms with van der Waals surface area (Å²) in [6.07, 6.45) is 7.52. The number of nitrogens with zero attached hydrogens (tertiary/aromatic N) is 1. The molecule has 1 aromatic carbocycles. The summed E-state index contributed by atoms with van der Waals surface area (Å²) >= 11 is 0. The number of benzene rings is 1. The lowest BCUT2D eigenvalue weighted by Gasteiger charge is -2.23. The normalized spacial score (nSPS) is 21.4. The second kappa shape index (κ2) is 8.53. The van der Waals surface area contributed by atoms with Crippen LogP contribution in [-0.2, 0) is 4.74 Å². The third kappa shape index (κ3) is 4.85. The Morgan fingerprint density at radius 1 is 1.54 bits per heavy atom. The zero-order valence-electron chi connectivity index (χ0n) is 13.6. The molecule has 0 aliphatic carbocycles. The lowest BCUT2D eigenvalue weighted by Crippen LogP contribution is -3.13. The van der Waals surface area contributed by atoms with Gasteiger partial charge in [0.15, 0.2) is 0 Å². The summed E-state index contributed by atoms with van der Waals surface area (Å²) in [7, 11) is 1.25. The standard InChI is InChI=1S/C16H22N4O4/c1-24-16(21)15-11-14(20(22)23)9-8-12(15)5-4-7-13-6-2-3-10-19(17)18-13/h4-5,8-9,11,13,17-19H,2-3,6-7,10H2,1H3/b5-4+. The first-order valence-electron chi connectivity index (χ1n) is 7.88. The number of hydrogen-bond acceptors (Lipinski definition) is 5. The van der Waals surface area contributed by atoms with Gasteiger partial charge in [0.25, 0.3) is 5.69 Å². The van der Waals surface area contributed by atoms with Crippen LogP contribution in [0.25, 0.3) is 11.9 Å². The van der Waals surface area contributed by atoms with E-state index in [4.69, 9.17) is 10.6 Å². The number of non-ortho nitro benzene ring substituents is 1. The molecular formula is C16H22N4O4. The number of nitro groups is 1. The van der Waals surface area contributed by atoms with Gasteiger partial charge in [-0.15, -0.1) is 0 Å². The van der Waals surface area contributed by atoms with Gasteiger partial charge < -0.3 is 15.7 Å². The number of nitrogens with one attached hydrogen (secondary N) is 3. The number of rotatable bonds is 5. The maximum atomic E-state index is 11.8. The minimum Gasteiger partial charge on any atom is -0.465 e. The lowest BCUT2D eigenvalue weighted by molar-refractivity contribution is -0.898. The van der Waals surface area contributed by atoms with Gasteiger partial charge in [-0.05, 0) is 37.3 Å². The molecule has 0 bridgehead atoms. The molecule has 0 spiro atoms. The summed E-state index contributed by atoms with van der Waals surface area (Å²) in [4.78, 5) is 22.2. The molecule has 1 heterocycles. The molecule has 8 heteroatoms. The highest BCUT2D eigenvalue weighted by Crippen LogP contribution is 2.20. The van der Waals surface area contributed by atoms with Gasteiger partial charge in [-0.3, -0.25) is 10.1 Å². The fourth-order valence-electron chi connectivity index (χ4n) is 2.71. The molecule has 2 unspecified atom stereocenters. The highest BCUT2D eigenvalue weighted by atomic mass is 16.6.